The van der Waals surface area contributed by atoms with Crippen LogP contribution in [-0.2, 0) is 33.4 Å². The van der Waals surface area contributed by atoms with E-state index in [9.17, 15) is 39.0 Å². The number of hydrogen-bond donors (Lipinski definition) is 9. The first-order valence-electron chi connectivity index (χ1n) is 10.4. The molecule has 0 saturated carbocycles. The van der Waals surface area contributed by atoms with Crippen molar-refractivity contribution in [2.75, 3.05) is 39.6 Å². The lowest BCUT2D eigenvalue weighted by molar-refractivity contribution is -0.140. The average Bonchev–Trinajstić information content (AvgIpc) is 2.79. The normalized spacial score (nSPS) is 25.3. The molecule has 1 rings (SSSR count). The van der Waals surface area contributed by atoms with Crippen LogP contribution in [0, 0.1) is 0 Å². The molecule has 198 valence electrons. The lowest BCUT2D eigenvalue weighted by atomic mass is 10.1. The first kappa shape index (κ1) is 29.5. The van der Waals surface area contributed by atoms with Gasteiger partial charge < -0.3 is 46.1 Å². The van der Waals surface area contributed by atoms with Crippen molar-refractivity contribution in [3.8, 4) is 0 Å². The lowest BCUT2D eigenvalue weighted by Crippen LogP contribution is -2.60. The number of amides is 6. The summed E-state index contributed by atoms with van der Waals surface area (Å²) in [7, 11) is 0. The molecule has 0 spiro atoms. The highest BCUT2D eigenvalue weighted by Gasteiger charge is 2.29. The molecule has 1 aliphatic rings. The van der Waals surface area contributed by atoms with Gasteiger partial charge in [0.1, 0.15) is 24.7 Å². The Labute approximate surface area is 199 Å². The van der Waals surface area contributed by atoms with Crippen molar-refractivity contribution in [3.63, 3.8) is 0 Å². The van der Waals surface area contributed by atoms with E-state index in [2.05, 4.69) is 16.0 Å². The Morgan fingerprint density at radius 3 is 2.17 bits per heavy atom. The van der Waals surface area contributed by atoms with Gasteiger partial charge in [0.25, 0.3) is 11.8 Å². The SMILES string of the molecule is CC(O)C1NC(=O)N[C@@H](CC(=O)O)C(=O)NNC(=O)[C@H](CO)NC(=O)COCCOCCNC1=O. The van der Waals surface area contributed by atoms with E-state index in [1.165, 1.54) is 6.92 Å². The van der Waals surface area contributed by atoms with Crippen LogP contribution in [-0.4, -0.2) is 115 Å². The molecule has 17 nitrogen and oxygen atoms in total. The minimum absolute atomic E-state index is 0.00183. The van der Waals surface area contributed by atoms with Crippen LogP contribution in [0.25, 0.3) is 0 Å². The summed E-state index contributed by atoms with van der Waals surface area (Å²) < 4.78 is 10.3. The van der Waals surface area contributed by atoms with E-state index in [0.29, 0.717) is 0 Å². The van der Waals surface area contributed by atoms with E-state index < -0.39 is 79.5 Å². The van der Waals surface area contributed by atoms with Crippen molar-refractivity contribution in [1.82, 2.24) is 32.1 Å². The number of hydrazine groups is 1. The summed E-state index contributed by atoms with van der Waals surface area (Å²) in [6.45, 7) is 0.0162. The molecule has 2 unspecified atom stereocenters. The van der Waals surface area contributed by atoms with Gasteiger partial charge in [-0.25, -0.2) is 4.79 Å². The highest BCUT2D eigenvalue weighted by molar-refractivity contribution is 5.94. The molecule has 6 amide bonds. The van der Waals surface area contributed by atoms with Crippen LogP contribution < -0.4 is 32.1 Å². The Kier molecular flexibility index (Phi) is 13.0. The standard InChI is InChI=1S/C18H30N6O11/c1-9(26)14-17(32)19-2-3-34-4-5-35-8-12(27)20-11(7-25)16(31)24-23-15(30)10(6-13(28)29)21-18(33)22-14/h9-11,14,25-26H,2-8H2,1H3,(H,19,32)(H,20,27)(H,23,30)(H,24,31)(H,28,29)(H2,21,22,33)/t9?,10-,11-,14?/m0/s1. The van der Waals surface area contributed by atoms with Gasteiger partial charge in [-0.1, -0.05) is 0 Å². The Balaban J connectivity index is 2.99. The van der Waals surface area contributed by atoms with E-state index in [4.69, 9.17) is 14.6 Å². The Morgan fingerprint density at radius 2 is 1.57 bits per heavy atom. The molecule has 1 fully saturated rings. The van der Waals surface area contributed by atoms with Crippen molar-refractivity contribution in [2.45, 2.75) is 37.6 Å². The van der Waals surface area contributed by atoms with E-state index in [-0.39, 0.29) is 26.4 Å². The number of carboxylic acids is 1. The number of aliphatic hydroxyl groups is 2. The molecule has 9 N–H and O–H groups in total. The molecular formula is C18H30N6O11. The molecule has 0 radical (unpaired) electrons. The van der Waals surface area contributed by atoms with Gasteiger partial charge in [-0.3, -0.25) is 34.8 Å². The minimum atomic E-state index is -1.72. The van der Waals surface area contributed by atoms with E-state index in [0.717, 1.165) is 0 Å². The number of carbonyl (C=O) groups excluding carboxylic acids is 5. The number of urea groups is 1. The first-order chi connectivity index (χ1) is 16.5. The molecule has 4 atom stereocenters. The Bertz CT molecular complexity index is 778. The van der Waals surface area contributed by atoms with Crippen LogP contribution in [0.4, 0.5) is 4.79 Å². The molecule has 1 heterocycles. The maximum atomic E-state index is 12.4. The van der Waals surface area contributed by atoms with Crippen molar-refractivity contribution in [2.24, 2.45) is 0 Å². The molecule has 0 bridgehead atoms. The van der Waals surface area contributed by atoms with Crippen LogP contribution in [0.3, 0.4) is 0 Å². The number of carbonyl (C=O) groups is 6. The van der Waals surface area contributed by atoms with Gasteiger partial charge in [-0.05, 0) is 6.92 Å². The summed E-state index contributed by atoms with van der Waals surface area (Å²) in [5.41, 5.74) is 3.77. The van der Waals surface area contributed by atoms with Crippen LogP contribution >= 0.6 is 0 Å². The maximum absolute atomic E-state index is 12.4. The van der Waals surface area contributed by atoms with E-state index in [1.54, 1.807) is 0 Å². The summed E-state index contributed by atoms with van der Waals surface area (Å²) in [5.74, 6) is -5.22. The predicted molar refractivity (Wildman–Crippen MR) is 113 cm³/mol. The fourth-order valence-electron chi connectivity index (χ4n) is 2.60. The molecule has 0 aromatic rings. The number of ether oxygens (including phenoxy) is 2. The van der Waals surface area contributed by atoms with Gasteiger partial charge in [0.15, 0.2) is 0 Å². The van der Waals surface area contributed by atoms with Crippen LogP contribution in [0.15, 0.2) is 0 Å². The second-order valence-corrected chi connectivity index (χ2v) is 7.22. The molecule has 35 heavy (non-hydrogen) atoms. The summed E-state index contributed by atoms with van der Waals surface area (Å²) in [5, 5.41) is 37.0. The zero-order valence-corrected chi connectivity index (χ0v) is 18.9. The van der Waals surface area contributed by atoms with Gasteiger partial charge in [0.2, 0.25) is 11.8 Å². The zero-order valence-electron chi connectivity index (χ0n) is 18.9. The second kappa shape index (κ2) is 15.4. The topological polar surface area (TPSA) is 254 Å². The van der Waals surface area contributed by atoms with E-state index in [1.807, 2.05) is 16.2 Å². The zero-order chi connectivity index (χ0) is 26.4. The van der Waals surface area contributed by atoms with Gasteiger partial charge >= 0.3 is 12.0 Å². The fraction of sp³-hybridized carbons (Fsp3) is 0.667. The highest BCUT2D eigenvalue weighted by atomic mass is 16.5. The number of carboxylic acid groups (broad SMARTS) is 1. The van der Waals surface area contributed by atoms with Gasteiger partial charge in [0.05, 0.1) is 39.0 Å². The molecule has 1 saturated heterocycles. The minimum Gasteiger partial charge on any atom is -0.481 e. The third kappa shape index (κ3) is 11.4. The van der Waals surface area contributed by atoms with Crippen LogP contribution in [0.2, 0.25) is 0 Å². The Hall–Kier alpha value is -3.54. The van der Waals surface area contributed by atoms with Gasteiger partial charge in [-0.2, -0.15) is 0 Å². The second-order valence-electron chi connectivity index (χ2n) is 7.22. The highest BCUT2D eigenvalue weighted by Crippen LogP contribution is 1.97. The molecule has 0 aromatic heterocycles. The number of hydrogen-bond acceptors (Lipinski definition) is 10. The summed E-state index contributed by atoms with van der Waals surface area (Å²) >= 11 is 0. The average molecular weight is 506 g/mol. The Morgan fingerprint density at radius 1 is 0.943 bits per heavy atom. The largest absolute Gasteiger partial charge is 0.481 e. The molecule has 0 aromatic carbocycles. The number of aliphatic carboxylic acids is 1. The van der Waals surface area contributed by atoms with Crippen LogP contribution in [0.1, 0.15) is 13.3 Å². The molecular weight excluding hydrogens is 476 g/mol. The number of rotatable bonds is 4. The van der Waals surface area contributed by atoms with E-state index >= 15 is 0 Å². The lowest BCUT2D eigenvalue weighted by Gasteiger charge is -2.23. The summed E-state index contributed by atoms with van der Waals surface area (Å²) in [6, 6.07) is -5.81. The fourth-order valence-corrected chi connectivity index (χ4v) is 2.60. The third-order valence-corrected chi connectivity index (χ3v) is 4.35. The molecule has 0 aliphatic carbocycles. The van der Waals surface area contributed by atoms with Crippen molar-refractivity contribution in [1.29, 1.82) is 0 Å². The summed E-state index contributed by atoms with van der Waals surface area (Å²) in [4.78, 5) is 72.1. The molecule has 1 aliphatic heterocycles. The van der Waals surface area contributed by atoms with Crippen molar-refractivity contribution >= 4 is 35.6 Å². The first-order valence-corrected chi connectivity index (χ1v) is 10.4. The van der Waals surface area contributed by atoms with Crippen molar-refractivity contribution < 1.29 is 53.6 Å². The summed E-state index contributed by atoms with van der Waals surface area (Å²) in [6.07, 6.45) is -2.27. The monoisotopic (exact) mass is 506 g/mol. The maximum Gasteiger partial charge on any atom is 0.316 e. The smallest absolute Gasteiger partial charge is 0.316 e. The number of aliphatic hydroxyl groups excluding tert-OH is 2. The van der Waals surface area contributed by atoms with Gasteiger partial charge in [-0.15, -0.1) is 0 Å². The third-order valence-electron chi connectivity index (χ3n) is 4.35. The molecule has 17 heteroatoms. The van der Waals surface area contributed by atoms with Crippen LogP contribution in [0.5, 0.6) is 0 Å². The quantitative estimate of drug-likeness (QED) is 0.174. The van der Waals surface area contributed by atoms with Crippen molar-refractivity contribution in [3.05, 3.63) is 0 Å². The van der Waals surface area contributed by atoms with Gasteiger partial charge in [0, 0.05) is 6.54 Å². The predicted octanol–water partition coefficient (Wildman–Crippen LogP) is -5.33. The number of nitrogens with one attached hydrogen (secondary N) is 6.